The Morgan fingerprint density at radius 2 is 2.15 bits per heavy atom. The van der Waals surface area contributed by atoms with E-state index in [0.717, 1.165) is 57.2 Å². The van der Waals surface area contributed by atoms with Crippen molar-refractivity contribution >= 4 is 31.8 Å². The van der Waals surface area contributed by atoms with Gasteiger partial charge in [0.2, 0.25) is 10.0 Å². The first-order chi connectivity index (χ1) is 12.7. The number of hydrogen-bond donors (Lipinski definition) is 3. The molecule has 0 saturated carbocycles. The molecule has 0 aliphatic carbocycles. The molecule has 0 amide bonds. The second kappa shape index (κ2) is 12.1. The van der Waals surface area contributed by atoms with Gasteiger partial charge in [-0.25, -0.2) is 22.0 Å². The van der Waals surface area contributed by atoms with Gasteiger partial charge in [0.05, 0.1) is 11.0 Å². The van der Waals surface area contributed by atoms with E-state index in [1.165, 1.54) is 6.08 Å². The topological polar surface area (TPSA) is 128 Å². The van der Waals surface area contributed by atoms with Gasteiger partial charge >= 0.3 is 0 Å². The second-order valence-corrected chi connectivity index (χ2v) is 11.4. The fraction of sp³-hybridized carbons (Fsp3) is 0.750. The molecule has 2 heterocycles. The van der Waals surface area contributed by atoms with Crippen molar-refractivity contribution in [2.45, 2.75) is 50.3 Å². The zero-order valence-corrected chi connectivity index (χ0v) is 18.3. The molecule has 1 unspecified atom stereocenters. The molecule has 2 rings (SSSR count). The lowest BCUT2D eigenvalue weighted by atomic mass is 10.1. The fourth-order valence-corrected chi connectivity index (χ4v) is 6.22. The third kappa shape index (κ3) is 9.44. The highest BCUT2D eigenvalue weighted by Gasteiger charge is 2.37. The minimum absolute atomic E-state index is 0.131. The van der Waals surface area contributed by atoms with Crippen molar-refractivity contribution in [2.75, 3.05) is 26.0 Å². The Kier molecular flexibility index (Phi) is 10.9. The van der Waals surface area contributed by atoms with Gasteiger partial charge in [0.15, 0.2) is 9.84 Å². The van der Waals surface area contributed by atoms with Gasteiger partial charge in [0.25, 0.3) is 0 Å². The molecule has 8 nitrogen and oxygen atoms in total. The van der Waals surface area contributed by atoms with E-state index in [9.17, 15) is 16.8 Å². The minimum atomic E-state index is -3.52. The van der Waals surface area contributed by atoms with Crippen LogP contribution in [-0.2, 0) is 24.6 Å². The van der Waals surface area contributed by atoms with E-state index >= 15 is 0 Å². The second-order valence-electron chi connectivity index (χ2n) is 6.44. The van der Waals surface area contributed by atoms with Gasteiger partial charge in [-0.05, 0) is 62.7 Å². The summed E-state index contributed by atoms with van der Waals surface area (Å²) in [5.41, 5.74) is 0. The number of allylic oxidation sites excluding steroid dienone is 2. The maximum absolute atomic E-state index is 11.9. The zero-order valence-electron chi connectivity index (χ0n) is 15.9. The van der Waals surface area contributed by atoms with Crippen LogP contribution in [0.1, 0.15) is 39.0 Å². The number of nitrogens with one attached hydrogen (secondary N) is 2. The number of nitrogens with two attached hydrogens (primary N) is 1. The van der Waals surface area contributed by atoms with Gasteiger partial charge in [-0.2, -0.15) is 0 Å². The molecule has 1 saturated heterocycles. The zero-order chi connectivity index (χ0) is 20.3. The van der Waals surface area contributed by atoms with E-state index in [1.807, 2.05) is 0 Å². The summed E-state index contributed by atoms with van der Waals surface area (Å²) in [7, 11) is -4.70. The third-order valence-electron chi connectivity index (χ3n) is 4.13. The Labute approximate surface area is 167 Å². The number of ether oxygens (including phenoxy) is 1. The Morgan fingerprint density at radius 3 is 2.67 bits per heavy atom. The maximum Gasteiger partial charge on any atom is 0.245 e. The minimum Gasteiger partial charge on any atom is -0.385 e. The molecular weight excluding hydrogens is 410 g/mol. The molecule has 1 fully saturated rings. The molecule has 27 heavy (non-hydrogen) atoms. The molecule has 0 bridgehead atoms. The molecule has 2 aliphatic rings. The van der Waals surface area contributed by atoms with Crippen LogP contribution in [0.5, 0.6) is 0 Å². The first-order valence-electron chi connectivity index (χ1n) is 8.96. The van der Waals surface area contributed by atoms with Crippen LogP contribution in [0.15, 0.2) is 22.6 Å². The quantitative estimate of drug-likeness (QED) is 0.360. The number of sulfone groups is 1. The van der Waals surface area contributed by atoms with Crippen LogP contribution < -0.4 is 15.2 Å². The lowest BCUT2D eigenvalue weighted by Crippen LogP contribution is -2.30. The predicted molar refractivity (Wildman–Crippen MR) is 111 cm³/mol. The van der Waals surface area contributed by atoms with Gasteiger partial charge < -0.3 is 14.8 Å². The van der Waals surface area contributed by atoms with E-state index in [-0.39, 0.29) is 15.5 Å². The molecule has 158 valence electrons. The van der Waals surface area contributed by atoms with Crippen molar-refractivity contribution in [2.24, 2.45) is 5.14 Å². The highest BCUT2D eigenvalue weighted by atomic mass is 32.3. The largest absolute Gasteiger partial charge is 0.385 e. The van der Waals surface area contributed by atoms with E-state index in [2.05, 4.69) is 17.0 Å². The summed E-state index contributed by atoms with van der Waals surface area (Å²) in [6.07, 6.45) is 9.17. The smallest absolute Gasteiger partial charge is 0.245 e. The highest BCUT2D eigenvalue weighted by molar-refractivity contribution is 8.17. The molecule has 2 atom stereocenters. The molecule has 0 aromatic heterocycles. The highest BCUT2D eigenvalue weighted by Crippen LogP contribution is 2.25. The number of methoxy groups -OCH3 is 1. The van der Waals surface area contributed by atoms with Gasteiger partial charge in [-0.15, -0.1) is 0 Å². The van der Waals surface area contributed by atoms with Crippen molar-refractivity contribution in [3.05, 3.63) is 22.6 Å². The summed E-state index contributed by atoms with van der Waals surface area (Å²) in [5, 5.41) is 8.00. The summed E-state index contributed by atoms with van der Waals surface area (Å²) in [6.45, 7) is 3.74. The molecule has 11 heteroatoms. The van der Waals surface area contributed by atoms with Crippen molar-refractivity contribution in [3.63, 3.8) is 0 Å². The van der Waals surface area contributed by atoms with Gasteiger partial charge in [-0.1, -0.05) is 6.92 Å². The van der Waals surface area contributed by atoms with Crippen molar-refractivity contribution in [1.82, 2.24) is 10.0 Å². The van der Waals surface area contributed by atoms with Crippen LogP contribution >= 0.6 is 11.9 Å². The summed E-state index contributed by atoms with van der Waals surface area (Å²) < 4.78 is 52.8. The molecule has 0 aromatic rings. The summed E-state index contributed by atoms with van der Waals surface area (Å²) >= 11 is 0.981. The molecular formula is C16H31N3O5S3. The van der Waals surface area contributed by atoms with Gasteiger partial charge in [0, 0.05) is 26.0 Å². The Hall–Kier alpha value is -0.590. The fourth-order valence-electron chi connectivity index (χ4n) is 2.80. The van der Waals surface area contributed by atoms with Crippen molar-refractivity contribution in [1.29, 1.82) is 0 Å². The van der Waals surface area contributed by atoms with Gasteiger partial charge in [-0.3, -0.25) is 0 Å². The van der Waals surface area contributed by atoms with Crippen LogP contribution in [0.4, 0.5) is 0 Å². The van der Waals surface area contributed by atoms with E-state index in [0.29, 0.717) is 5.75 Å². The van der Waals surface area contributed by atoms with Gasteiger partial charge in [0.1, 0.15) is 4.24 Å². The standard InChI is InChI=1S/C12H25NO3S.C4H6N2O2S2/c1-3-7-13-11-9-12(17(14,15)10-11)6-4-5-8-16-2;5-10(7,8)4-2-1-3-6-9-4/h11-13H,3-10H2,1-2H3;1-3,6H,(H2,5,7,8)/t11?,12-;/m1./s1. The molecule has 0 radical (unpaired) electrons. The van der Waals surface area contributed by atoms with Crippen molar-refractivity contribution in [3.8, 4) is 0 Å². The molecule has 0 spiro atoms. The van der Waals surface area contributed by atoms with Crippen molar-refractivity contribution < 1.29 is 21.6 Å². The monoisotopic (exact) mass is 441 g/mol. The van der Waals surface area contributed by atoms with Crippen LogP contribution in [0.25, 0.3) is 0 Å². The number of primary sulfonamides is 1. The van der Waals surface area contributed by atoms with Crippen LogP contribution in [0.2, 0.25) is 0 Å². The van der Waals surface area contributed by atoms with E-state index in [1.54, 1.807) is 19.4 Å². The number of hydrogen-bond acceptors (Lipinski definition) is 8. The van der Waals surface area contributed by atoms with E-state index < -0.39 is 19.9 Å². The Bertz CT molecular complexity index is 705. The average molecular weight is 442 g/mol. The maximum atomic E-state index is 11.9. The SMILES string of the molecule is CCCNC1C[C@@H](CCCCOC)S(=O)(=O)C1.NS(=O)(=O)C1=CC=CNS1. The number of sulfonamides is 1. The van der Waals surface area contributed by atoms with Crippen LogP contribution in [0, 0.1) is 0 Å². The van der Waals surface area contributed by atoms with Crippen LogP contribution in [-0.4, -0.2) is 54.1 Å². The predicted octanol–water partition coefficient (Wildman–Crippen LogP) is 1.24. The summed E-state index contributed by atoms with van der Waals surface area (Å²) in [6, 6.07) is 0.173. The number of unbranched alkanes of at least 4 members (excludes halogenated alkanes) is 1. The lowest BCUT2D eigenvalue weighted by molar-refractivity contribution is 0.192. The summed E-state index contributed by atoms with van der Waals surface area (Å²) in [4.78, 5) is 0. The van der Waals surface area contributed by atoms with E-state index in [4.69, 9.17) is 9.88 Å². The first kappa shape index (κ1) is 24.4. The molecule has 0 aromatic carbocycles. The normalized spacial score (nSPS) is 23.9. The summed E-state index contributed by atoms with van der Waals surface area (Å²) in [5.74, 6) is 0.321. The Balaban J connectivity index is 0.000000309. The first-order valence-corrected chi connectivity index (χ1v) is 13.0. The average Bonchev–Trinajstić information content (AvgIpc) is 2.91. The van der Waals surface area contributed by atoms with Crippen LogP contribution in [0.3, 0.4) is 0 Å². The lowest BCUT2D eigenvalue weighted by Gasteiger charge is -2.10. The molecule has 4 N–H and O–H groups in total. The third-order valence-corrected chi connectivity index (χ3v) is 8.68. The number of rotatable bonds is 9. The Morgan fingerprint density at radius 1 is 1.41 bits per heavy atom. The molecule has 2 aliphatic heterocycles.